The number of sulfone groups is 1. The molecule has 36 heavy (non-hydrogen) atoms. The van der Waals surface area contributed by atoms with Crippen LogP contribution in [0.2, 0.25) is 0 Å². The van der Waals surface area contributed by atoms with E-state index in [4.69, 9.17) is 9.47 Å². The summed E-state index contributed by atoms with van der Waals surface area (Å²) < 4.78 is 62.5. The molecule has 0 spiro atoms. The number of benzene rings is 1. The summed E-state index contributed by atoms with van der Waals surface area (Å²) in [5.41, 5.74) is 1.44. The number of hydrogen-bond acceptors (Lipinski definition) is 7. The number of hydrogen-bond donors (Lipinski definition) is 1. The zero-order valence-corrected chi connectivity index (χ0v) is 21.6. The Kier molecular flexibility index (Phi) is 8.87. The van der Waals surface area contributed by atoms with E-state index in [1.165, 1.54) is 35.6 Å². The van der Waals surface area contributed by atoms with Crippen molar-refractivity contribution in [2.24, 2.45) is 5.92 Å². The predicted octanol–water partition coefficient (Wildman–Crippen LogP) is 4.74. The second-order valence-electron chi connectivity index (χ2n) is 9.16. The summed E-state index contributed by atoms with van der Waals surface area (Å²) in [6.45, 7) is 1.17. The van der Waals surface area contributed by atoms with Crippen LogP contribution in [0.25, 0.3) is 5.57 Å². The van der Waals surface area contributed by atoms with Gasteiger partial charge in [0.1, 0.15) is 12.3 Å². The lowest BCUT2D eigenvalue weighted by Crippen LogP contribution is -2.23. The van der Waals surface area contributed by atoms with E-state index in [1.54, 1.807) is 6.08 Å². The van der Waals surface area contributed by atoms with Crippen LogP contribution in [0.5, 0.6) is 0 Å². The van der Waals surface area contributed by atoms with Gasteiger partial charge in [0.25, 0.3) is 5.91 Å². The minimum atomic E-state index is -3.41. The lowest BCUT2D eigenvalue weighted by molar-refractivity contribution is -0.161. The minimum absolute atomic E-state index is 0.00845. The van der Waals surface area contributed by atoms with Gasteiger partial charge in [0.15, 0.2) is 21.3 Å². The normalized spacial score (nSPS) is 25.1. The molecule has 1 amide bonds. The van der Waals surface area contributed by atoms with E-state index >= 15 is 0 Å². The average molecular weight is 541 g/mol. The Labute approximate surface area is 213 Å². The summed E-state index contributed by atoms with van der Waals surface area (Å²) in [5, 5.41) is 5.00. The zero-order chi connectivity index (χ0) is 25.7. The quantitative estimate of drug-likeness (QED) is 0.462. The molecule has 1 saturated heterocycles. The second-order valence-corrected chi connectivity index (χ2v) is 12.0. The summed E-state index contributed by atoms with van der Waals surface area (Å²) in [7, 11) is -3.41. The number of nitrogens with one attached hydrogen (secondary N) is 1. The molecular formula is C25H30F2N2O5S2. The third-order valence-electron chi connectivity index (χ3n) is 6.26. The van der Waals surface area contributed by atoms with Crippen LogP contribution in [-0.2, 0) is 30.5 Å². The topological polar surface area (TPSA) is 94.6 Å². The van der Waals surface area contributed by atoms with Crippen molar-refractivity contribution in [3.05, 3.63) is 47.0 Å². The fourth-order valence-electron chi connectivity index (χ4n) is 4.31. The standard InChI is InChI=1S/C25H30F2N2O5S2/c1-36(31,32)19-7-5-17(6-8-19)20(12-16-13-21(26)22(27)14-16)24(30)29-25-28-18(15-35-25)9-11-34-23-4-2-3-10-33-23/h5-8,12,15-16,21-23H,2-4,9-11,13-14H2,1H3,(H,28,29,30)/b20-12+. The highest BCUT2D eigenvalue weighted by Gasteiger charge is 2.34. The molecule has 4 rings (SSSR count). The van der Waals surface area contributed by atoms with E-state index in [9.17, 15) is 22.0 Å². The highest BCUT2D eigenvalue weighted by molar-refractivity contribution is 7.90. The van der Waals surface area contributed by atoms with Gasteiger partial charge in [-0.1, -0.05) is 18.2 Å². The van der Waals surface area contributed by atoms with Crippen molar-refractivity contribution >= 4 is 37.8 Å². The number of carbonyl (C=O) groups is 1. The number of nitrogens with zero attached hydrogens (tertiary/aromatic N) is 1. The van der Waals surface area contributed by atoms with Gasteiger partial charge < -0.3 is 9.47 Å². The van der Waals surface area contributed by atoms with Gasteiger partial charge in [-0.25, -0.2) is 22.2 Å². The predicted molar refractivity (Wildman–Crippen MR) is 134 cm³/mol. The van der Waals surface area contributed by atoms with Gasteiger partial charge in [0.2, 0.25) is 0 Å². The maximum Gasteiger partial charge on any atom is 0.257 e. The zero-order valence-electron chi connectivity index (χ0n) is 20.0. The lowest BCUT2D eigenvalue weighted by Gasteiger charge is -2.22. The molecule has 2 aromatic rings. The van der Waals surface area contributed by atoms with Gasteiger partial charge in [-0.3, -0.25) is 10.1 Å². The largest absolute Gasteiger partial charge is 0.353 e. The van der Waals surface area contributed by atoms with E-state index in [0.29, 0.717) is 30.3 Å². The molecule has 1 aromatic heterocycles. The van der Waals surface area contributed by atoms with Crippen molar-refractivity contribution in [1.82, 2.24) is 4.98 Å². The van der Waals surface area contributed by atoms with Crippen LogP contribution >= 0.6 is 11.3 Å². The van der Waals surface area contributed by atoms with Crippen molar-refractivity contribution in [2.45, 2.75) is 62.1 Å². The van der Waals surface area contributed by atoms with Crippen molar-refractivity contribution in [3.8, 4) is 0 Å². The van der Waals surface area contributed by atoms with Crippen LogP contribution in [0, 0.1) is 5.92 Å². The molecule has 2 aliphatic rings. The molecule has 3 atom stereocenters. The summed E-state index contributed by atoms with van der Waals surface area (Å²) >= 11 is 1.27. The highest BCUT2D eigenvalue weighted by atomic mass is 32.2. The van der Waals surface area contributed by atoms with Crippen LogP contribution in [0.1, 0.15) is 43.4 Å². The summed E-state index contributed by atoms with van der Waals surface area (Å²) in [5.74, 6) is -0.927. The van der Waals surface area contributed by atoms with Gasteiger partial charge in [-0.05, 0) is 55.7 Å². The second kappa shape index (κ2) is 11.9. The fraction of sp³-hybridized carbons (Fsp3) is 0.520. The molecule has 3 unspecified atom stereocenters. The van der Waals surface area contributed by atoms with Gasteiger partial charge in [0, 0.05) is 30.2 Å². The van der Waals surface area contributed by atoms with Gasteiger partial charge in [0.05, 0.1) is 17.2 Å². The SMILES string of the molecule is CS(=O)(=O)c1ccc(/C(=C\C2CC(F)C(F)C2)C(=O)Nc2nc(CCOC3CCCCO3)cs2)cc1. The van der Waals surface area contributed by atoms with Crippen LogP contribution < -0.4 is 5.32 Å². The van der Waals surface area contributed by atoms with Crippen molar-refractivity contribution in [3.63, 3.8) is 0 Å². The number of rotatable bonds is 9. The number of thiazole rings is 1. The molecule has 1 aliphatic heterocycles. The Morgan fingerprint density at radius 2 is 1.94 bits per heavy atom. The maximum absolute atomic E-state index is 13.8. The molecule has 0 bridgehead atoms. The molecule has 1 saturated carbocycles. The molecular weight excluding hydrogens is 510 g/mol. The first-order chi connectivity index (χ1) is 17.2. The monoisotopic (exact) mass is 540 g/mol. The smallest absolute Gasteiger partial charge is 0.257 e. The molecule has 1 N–H and O–H groups in total. The van der Waals surface area contributed by atoms with E-state index in [1.807, 2.05) is 5.38 Å². The van der Waals surface area contributed by atoms with Crippen molar-refractivity contribution < 1.29 is 31.5 Å². The van der Waals surface area contributed by atoms with Crippen LogP contribution in [-0.4, -0.2) is 57.4 Å². The summed E-state index contributed by atoms with van der Waals surface area (Å²) in [6, 6.07) is 5.87. The Bertz CT molecular complexity index is 1170. The van der Waals surface area contributed by atoms with Crippen LogP contribution in [0.3, 0.4) is 0 Å². The lowest BCUT2D eigenvalue weighted by atomic mass is 9.98. The number of halogens is 2. The molecule has 196 valence electrons. The third-order valence-corrected chi connectivity index (χ3v) is 8.20. The first-order valence-electron chi connectivity index (χ1n) is 12.0. The fourth-order valence-corrected chi connectivity index (χ4v) is 5.68. The minimum Gasteiger partial charge on any atom is -0.353 e. The summed E-state index contributed by atoms with van der Waals surface area (Å²) in [4.78, 5) is 17.8. The Balaban J connectivity index is 1.45. The third kappa shape index (κ3) is 7.18. The van der Waals surface area contributed by atoms with E-state index in [2.05, 4.69) is 10.3 Å². The van der Waals surface area contributed by atoms with Crippen LogP contribution in [0.15, 0.2) is 40.6 Å². The van der Waals surface area contributed by atoms with Crippen LogP contribution in [0.4, 0.5) is 13.9 Å². The first-order valence-corrected chi connectivity index (χ1v) is 14.8. The van der Waals surface area contributed by atoms with E-state index in [0.717, 1.165) is 31.2 Å². The highest BCUT2D eigenvalue weighted by Crippen LogP contribution is 2.34. The molecule has 1 aromatic carbocycles. The summed E-state index contributed by atoms with van der Waals surface area (Å²) in [6.07, 6.45) is 2.94. The molecule has 0 radical (unpaired) electrons. The molecule has 7 nitrogen and oxygen atoms in total. The molecule has 1 aliphatic carbocycles. The van der Waals surface area contributed by atoms with Gasteiger partial charge in [-0.15, -0.1) is 11.3 Å². The average Bonchev–Trinajstić information content (AvgIpc) is 3.42. The van der Waals surface area contributed by atoms with E-state index in [-0.39, 0.29) is 29.6 Å². The first kappa shape index (κ1) is 26.8. The number of alkyl halides is 2. The number of amides is 1. The Hall–Kier alpha value is -2.21. The number of carbonyl (C=O) groups excluding carboxylic acids is 1. The van der Waals surface area contributed by atoms with E-state index < -0.39 is 34.0 Å². The van der Waals surface area contributed by atoms with Crippen molar-refractivity contribution in [2.75, 3.05) is 24.8 Å². The Morgan fingerprint density at radius 3 is 2.58 bits per heavy atom. The van der Waals surface area contributed by atoms with Crippen molar-refractivity contribution in [1.29, 1.82) is 0 Å². The number of ether oxygens (including phenoxy) is 2. The molecule has 2 heterocycles. The molecule has 2 fully saturated rings. The number of aromatic nitrogens is 1. The van der Waals surface area contributed by atoms with Gasteiger partial charge in [-0.2, -0.15) is 0 Å². The Morgan fingerprint density at radius 1 is 1.22 bits per heavy atom. The van der Waals surface area contributed by atoms with Gasteiger partial charge >= 0.3 is 0 Å². The number of allylic oxidation sites excluding steroid dienone is 1. The number of anilines is 1. The molecule has 11 heteroatoms. The maximum atomic E-state index is 13.8.